The number of carbonyl (C=O) groups excluding carboxylic acids is 1. The van der Waals surface area contributed by atoms with E-state index in [-0.39, 0.29) is 17.0 Å². The number of ether oxygens (including phenoxy) is 2. The van der Waals surface area contributed by atoms with Crippen molar-refractivity contribution in [3.05, 3.63) is 53.5 Å². The molecule has 0 amide bonds. The smallest absolute Gasteiger partial charge is 0.416 e. The van der Waals surface area contributed by atoms with E-state index in [4.69, 9.17) is 9.47 Å². The second-order valence-corrected chi connectivity index (χ2v) is 6.61. The van der Waals surface area contributed by atoms with E-state index in [2.05, 4.69) is 9.97 Å². The van der Waals surface area contributed by atoms with E-state index in [1.165, 1.54) is 37.8 Å². The Hall–Kier alpha value is -2.64. The van der Waals surface area contributed by atoms with E-state index in [1.54, 1.807) is 20.8 Å². The maximum Gasteiger partial charge on any atom is 0.416 e. The van der Waals surface area contributed by atoms with Crippen LogP contribution in [0.1, 0.15) is 43.6 Å². The zero-order chi connectivity index (χ0) is 19.5. The molecule has 1 heterocycles. The van der Waals surface area contributed by atoms with E-state index in [1.807, 2.05) is 0 Å². The Bertz CT molecular complexity index is 786. The van der Waals surface area contributed by atoms with E-state index in [0.29, 0.717) is 0 Å². The van der Waals surface area contributed by atoms with Crippen molar-refractivity contribution in [2.75, 3.05) is 7.11 Å². The normalized spacial score (nSPS) is 13.2. The molecule has 0 saturated heterocycles. The zero-order valence-corrected chi connectivity index (χ0v) is 14.8. The summed E-state index contributed by atoms with van der Waals surface area (Å²) in [7, 11) is 1.32. The first-order valence-corrected chi connectivity index (χ1v) is 7.76. The van der Waals surface area contributed by atoms with Crippen LogP contribution in [0.25, 0.3) is 0 Å². The van der Waals surface area contributed by atoms with E-state index in [9.17, 15) is 18.0 Å². The molecule has 0 aliphatic heterocycles. The molecule has 0 spiro atoms. The molecule has 1 atom stereocenters. The summed E-state index contributed by atoms with van der Waals surface area (Å²) in [5.74, 6) is -0.630. The van der Waals surface area contributed by atoms with Gasteiger partial charge in [0.15, 0.2) is 6.10 Å². The number of rotatable bonds is 4. The highest BCUT2D eigenvalue weighted by Crippen LogP contribution is 2.40. The monoisotopic (exact) mass is 368 g/mol. The van der Waals surface area contributed by atoms with Crippen molar-refractivity contribution in [3.63, 3.8) is 0 Å². The van der Waals surface area contributed by atoms with E-state index >= 15 is 0 Å². The number of carbonyl (C=O) groups is 1. The molecule has 0 radical (unpaired) electrons. The molecule has 26 heavy (non-hydrogen) atoms. The maximum absolute atomic E-state index is 13.5. The Labute approximate surface area is 149 Å². The van der Waals surface area contributed by atoms with Crippen molar-refractivity contribution < 1.29 is 27.4 Å². The lowest BCUT2D eigenvalue weighted by molar-refractivity contribution is -0.158. The minimum absolute atomic E-state index is 0.0312. The largest absolute Gasteiger partial charge is 0.481 e. The average Bonchev–Trinajstić information content (AvgIpc) is 2.58. The van der Waals surface area contributed by atoms with Crippen LogP contribution in [0.4, 0.5) is 13.2 Å². The topological polar surface area (TPSA) is 61.3 Å². The Morgan fingerprint density at radius 3 is 2.35 bits per heavy atom. The molecule has 0 aliphatic carbocycles. The van der Waals surface area contributed by atoms with Crippen molar-refractivity contribution >= 4 is 5.97 Å². The predicted molar refractivity (Wildman–Crippen MR) is 87.4 cm³/mol. The zero-order valence-electron chi connectivity index (χ0n) is 14.8. The van der Waals surface area contributed by atoms with Crippen LogP contribution in [-0.4, -0.2) is 23.0 Å². The summed E-state index contributed by atoms with van der Waals surface area (Å²) in [6, 6.07) is 4.91. The highest BCUT2D eigenvalue weighted by atomic mass is 19.4. The Morgan fingerprint density at radius 1 is 1.12 bits per heavy atom. The van der Waals surface area contributed by atoms with Gasteiger partial charge in [0.2, 0.25) is 5.88 Å². The highest BCUT2D eigenvalue weighted by Gasteiger charge is 2.38. The standard InChI is InChI=1S/C18H19F3N2O3/c1-17(2,3)16(24)26-14(12-9-22-10-23-15(12)25-4)11-7-5-6-8-13(11)18(19,20)21/h5-10,14H,1-4H3. The van der Waals surface area contributed by atoms with E-state index in [0.717, 1.165) is 6.07 Å². The lowest BCUT2D eigenvalue weighted by Gasteiger charge is -2.26. The van der Waals surface area contributed by atoms with Gasteiger partial charge in [0.25, 0.3) is 0 Å². The van der Waals surface area contributed by atoms with Crippen LogP contribution in [0.5, 0.6) is 5.88 Å². The molecular weight excluding hydrogens is 349 g/mol. The second-order valence-electron chi connectivity index (χ2n) is 6.61. The van der Waals surface area contributed by atoms with Crippen LogP contribution < -0.4 is 4.74 Å². The van der Waals surface area contributed by atoms with Crippen LogP contribution in [0, 0.1) is 5.41 Å². The number of benzene rings is 1. The van der Waals surface area contributed by atoms with Crippen molar-refractivity contribution in [2.45, 2.75) is 33.1 Å². The Morgan fingerprint density at radius 2 is 1.77 bits per heavy atom. The number of hydrogen-bond donors (Lipinski definition) is 0. The molecule has 5 nitrogen and oxygen atoms in total. The number of halogens is 3. The lowest BCUT2D eigenvalue weighted by Crippen LogP contribution is -2.27. The first-order chi connectivity index (χ1) is 12.1. The summed E-state index contributed by atoms with van der Waals surface area (Å²) in [6.07, 6.45) is -3.51. The summed E-state index contributed by atoms with van der Waals surface area (Å²) in [5, 5.41) is 0. The summed E-state index contributed by atoms with van der Waals surface area (Å²) in [6.45, 7) is 4.84. The van der Waals surface area contributed by atoms with Gasteiger partial charge in [0, 0.05) is 11.8 Å². The van der Waals surface area contributed by atoms with Crippen LogP contribution in [-0.2, 0) is 15.7 Å². The van der Waals surface area contributed by atoms with Crippen molar-refractivity contribution in [3.8, 4) is 5.88 Å². The third-order valence-electron chi connectivity index (χ3n) is 3.56. The Balaban J connectivity index is 2.65. The lowest BCUT2D eigenvalue weighted by atomic mass is 9.95. The molecule has 140 valence electrons. The van der Waals surface area contributed by atoms with Crippen LogP contribution >= 0.6 is 0 Å². The number of esters is 1. The molecule has 0 fully saturated rings. The molecule has 0 bridgehead atoms. The van der Waals surface area contributed by atoms with Gasteiger partial charge in [-0.25, -0.2) is 9.97 Å². The molecule has 0 aliphatic rings. The SMILES string of the molecule is COc1ncncc1C(OC(=O)C(C)(C)C)c1ccccc1C(F)(F)F. The molecule has 2 rings (SSSR count). The molecule has 1 unspecified atom stereocenters. The van der Waals surface area contributed by atoms with Crippen molar-refractivity contribution in [2.24, 2.45) is 5.41 Å². The van der Waals surface area contributed by atoms with Gasteiger partial charge in [-0.05, 0) is 26.8 Å². The fraction of sp³-hybridized carbons (Fsp3) is 0.389. The molecule has 0 N–H and O–H groups in total. The van der Waals surface area contributed by atoms with Crippen LogP contribution in [0.3, 0.4) is 0 Å². The molecule has 2 aromatic rings. The number of aromatic nitrogens is 2. The first kappa shape index (κ1) is 19.7. The van der Waals surface area contributed by atoms with Crippen LogP contribution in [0.2, 0.25) is 0 Å². The number of alkyl halides is 3. The van der Waals surface area contributed by atoms with Gasteiger partial charge < -0.3 is 9.47 Å². The van der Waals surface area contributed by atoms with Gasteiger partial charge in [-0.2, -0.15) is 13.2 Å². The van der Waals surface area contributed by atoms with Gasteiger partial charge >= 0.3 is 12.1 Å². The third kappa shape index (κ3) is 4.30. The fourth-order valence-corrected chi connectivity index (χ4v) is 2.24. The quantitative estimate of drug-likeness (QED) is 0.758. The maximum atomic E-state index is 13.5. The Kier molecular flexibility index (Phi) is 5.53. The van der Waals surface area contributed by atoms with Gasteiger partial charge in [-0.1, -0.05) is 18.2 Å². The van der Waals surface area contributed by atoms with E-state index < -0.39 is 29.2 Å². The molecule has 1 aromatic carbocycles. The van der Waals surface area contributed by atoms with Crippen molar-refractivity contribution in [1.29, 1.82) is 0 Å². The predicted octanol–water partition coefficient (Wildman–Crippen LogP) is 4.18. The summed E-state index contributed by atoms with van der Waals surface area (Å²) < 4.78 is 51.0. The molecular formula is C18H19F3N2O3. The summed E-state index contributed by atoms with van der Waals surface area (Å²) >= 11 is 0. The highest BCUT2D eigenvalue weighted by molar-refractivity contribution is 5.76. The molecule has 0 saturated carbocycles. The number of methoxy groups -OCH3 is 1. The fourth-order valence-electron chi connectivity index (χ4n) is 2.24. The minimum atomic E-state index is -4.62. The molecule has 8 heteroatoms. The van der Waals surface area contributed by atoms with Crippen LogP contribution in [0.15, 0.2) is 36.8 Å². The first-order valence-electron chi connectivity index (χ1n) is 7.76. The summed E-state index contributed by atoms with van der Waals surface area (Å²) in [4.78, 5) is 20.1. The average molecular weight is 368 g/mol. The van der Waals surface area contributed by atoms with Gasteiger partial charge in [-0.3, -0.25) is 4.79 Å². The van der Waals surface area contributed by atoms with Gasteiger partial charge in [-0.15, -0.1) is 0 Å². The second kappa shape index (κ2) is 7.31. The van der Waals surface area contributed by atoms with Gasteiger partial charge in [0.05, 0.1) is 23.7 Å². The van der Waals surface area contributed by atoms with Gasteiger partial charge in [0.1, 0.15) is 6.33 Å². The molecule has 1 aromatic heterocycles. The number of hydrogen-bond acceptors (Lipinski definition) is 5. The third-order valence-corrected chi connectivity index (χ3v) is 3.56. The number of nitrogens with zero attached hydrogens (tertiary/aromatic N) is 2. The minimum Gasteiger partial charge on any atom is -0.481 e. The van der Waals surface area contributed by atoms with Crippen molar-refractivity contribution in [1.82, 2.24) is 9.97 Å². The summed E-state index contributed by atoms with van der Waals surface area (Å²) in [5.41, 5.74) is -1.90.